The highest BCUT2D eigenvalue weighted by molar-refractivity contribution is 5.79. The van der Waals surface area contributed by atoms with E-state index in [2.05, 4.69) is 5.32 Å². The molecule has 0 heterocycles. The lowest BCUT2D eigenvalue weighted by molar-refractivity contribution is -0.177. The average molecular weight is 341 g/mol. The van der Waals surface area contributed by atoms with Crippen molar-refractivity contribution in [2.24, 2.45) is 17.3 Å². The predicted octanol–water partition coefficient (Wildman–Crippen LogP) is 3.51. The molecule has 0 aromatic heterocycles. The van der Waals surface area contributed by atoms with Crippen LogP contribution in [0.2, 0.25) is 0 Å². The van der Waals surface area contributed by atoms with Crippen LogP contribution in [0.3, 0.4) is 0 Å². The van der Waals surface area contributed by atoms with E-state index in [1.165, 1.54) is 6.42 Å². The van der Waals surface area contributed by atoms with Gasteiger partial charge in [0.1, 0.15) is 6.61 Å². The maximum absolute atomic E-state index is 13.1. The molecule has 4 saturated carbocycles. The number of benzene rings is 1. The van der Waals surface area contributed by atoms with Gasteiger partial charge in [0, 0.05) is 12.5 Å². The van der Waals surface area contributed by atoms with Crippen molar-refractivity contribution < 1.29 is 14.3 Å². The highest BCUT2D eigenvalue weighted by atomic mass is 16.5. The topological polar surface area (TPSA) is 55.4 Å². The maximum atomic E-state index is 13.1. The van der Waals surface area contributed by atoms with Crippen LogP contribution in [0, 0.1) is 24.2 Å². The average Bonchev–Trinajstić information content (AvgIpc) is 2.51. The standard InChI is InChI=1S/C21H27NO3/c1-14-5-3-4-6-18(14)12-25-19(24)20-8-16-7-17(9-20)11-21(10-16,13-20)22-15(2)23/h3-6,16-17H,7-13H2,1-2H3,(H,22,23)/t16-,17+,20?,21?. The minimum absolute atomic E-state index is 0.0189. The van der Waals surface area contributed by atoms with E-state index in [1.807, 2.05) is 31.2 Å². The van der Waals surface area contributed by atoms with Crippen molar-refractivity contribution in [3.05, 3.63) is 35.4 Å². The van der Waals surface area contributed by atoms with Crippen LogP contribution in [-0.2, 0) is 20.9 Å². The molecule has 1 aromatic carbocycles. The highest BCUT2D eigenvalue weighted by Crippen LogP contribution is 2.62. The third-order valence-electron chi connectivity index (χ3n) is 6.56. The fraction of sp³-hybridized carbons (Fsp3) is 0.619. The van der Waals surface area contributed by atoms with Gasteiger partial charge in [0.05, 0.1) is 5.41 Å². The Hall–Kier alpha value is -1.84. The quantitative estimate of drug-likeness (QED) is 0.853. The summed E-state index contributed by atoms with van der Waals surface area (Å²) in [4.78, 5) is 24.8. The second-order valence-corrected chi connectivity index (χ2v) is 8.71. The summed E-state index contributed by atoms with van der Waals surface area (Å²) in [5.41, 5.74) is 1.64. The van der Waals surface area contributed by atoms with Crippen LogP contribution in [0.25, 0.3) is 0 Å². The fourth-order valence-corrected chi connectivity index (χ4v) is 6.09. The molecular formula is C21H27NO3. The molecule has 4 aliphatic carbocycles. The zero-order valence-corrected chi connectivity index (χ0v) is 15.1. The number of amides is 1. The van der Waals surface area contributed by atoms with E-state index in [-0.39, 0.29) is 17.4 Å². The van der Waals surface area contributed by atoms with Crippen LogP contribution >= 0.6 is 0 Å². The second kappa shape index (κ2) is 5.86. The molecule has 0 radical (unpaired) electrons. The van der Waals surface area contributed by atoms with Crippen molar-refractivity contribution in [1.29, 1.82) is 0 Å². The largest absolute Gasteiger partial charge is 0.460 e. The molecule has 0 spiro atoms. The molecule has 0 saturated heterocycles. The van der Waals surface area contributed by atoms with E-state index in [9.17, 15) is 9.59 Å². The molecular weight excluding hydrogens is 314 g/mol. The number of hydrogen-bond donors (Lipinski definition) is 1. The minimum atomic E-state index is -0.394. The van der Waals surface area contributed by atoms with Gasteiger partial charge >= 0.3 is 5.97 Å². The lowest BCUT2D eigenvalue weighted by Gasteiger charge is -2.60. The van der Waals surface area contributed by atoms with Gasteiger partial charge in [-0.3, -0.25) is 9.59 Å². The summed E-state index contributed by atoms with van der Waals surface area (Å²) in [5.74, 6) is 1.04. The number of carbonyl (C=O) groups is 2. The van der Waals surface area contributed by atoms with Crippen molar-refractivity contribution >= 4 is 11.9 Å². The number of ether oxygens (including phenoxy) is 1. The summed E-state index contributed by atoms with van der Waals surface area (Å²) in [7, 11) is 0. The number of esters is 1. The Morgan fingerprint density at radius 1 is 1.16 bits per heavy atom. The summed E-state index contributed by atoms with van der Waals surface area (Å²) in [5, 5.41) is 3.20. The number of aryl methyl sites for hydroxylation is 1. The third-order valence-corrected chi connectivity index (χ3v) is 6.56. The predicted molar refractivity (Wildman–Crippen MR) is 94.6 cm³/mol. The smallest absolute Gasteiger partial charge is 0.312 e. The first-order valence-electron chi connectivity index (χ1n) is 9.40. The van der Waals surface area contributed by atoms with E-state index in [4.69, 9.17) is 4.74 Å². The van der Waals surface area contributed by atoms with Crippen molar-refractivity contribution in [3.8, 4) is 0 Å². The number of rotatable bonds is 4. The Morgan fingerprint density at radius 2 is 1.84 bits per heavy atom. The van der Waals surface area contributed by atoms with E-state index in [0.717, 1.165) is 43.2 Å². The molecule has 25 heavy (non-hydrogen) atoms. The molecule has 4 atom stereocenters. The lowest BCUT2D eigenvalue weighted by Crippen LogP contribution is -2.64. The first kappa shape index (κ1) is 16.6. The van der Waals surface area contributed by atoms with Crippen LogP contribution in [0.4, 0.5) is 0 Å². The van der Waals surface area contributed by atoms with Crippen LogP contribution in [0.1, 0.15) is 56.6 Å². The fourth-order valence-electron chi connectivity index (χ4n) is 6.09. The molecule has 4 fully saturated rings. The van der Waals surface area contributed by atoms with E-state index in [1.54, 1.807) is 6.92 Å². The monoisotopic (exact) mass is 341 g/mol. The molecule has 2 unspecified atom stereocenters. The molecule has 4 bridgehead atoms. The van der Waals surface area contributed by atoms with Crippen LogP contribution in [0.5, 0.6) is 0 Å². The van der Waals surface area contributed by atoms with Gasteiger partial charge in [-0.2, -0.15) is 0 Å². The van der Waals surface area contributed by atoms with Crippen molar-refractivity contribution in [3.63, 3.8) is 0 Å². The van der Waals surface area contributed by atoms with Gasteiger partial charge in [-0.25, -0.2) is 0 Å². The Balaban J connectivity index is 1.52. The lowest BCUT2D eigenvalue weighted by atomic mass is 9.47. The van der Waals surface area contributed by atoms with Gasteiger partial charge in [-0.15, -0.1) is 0 Å². The van der Waals surface area contributed by atoms with Gasteiger partial charge in [-0.05, 0) is 68.4 Å². The highest BCUT2D eigenvalue weighted by Gasteiger charge is 2.61. The Morgan fingerprint density at radius 3 is 2.48 bits per heavy atom. The first-order valence-corrected chi connectivity index (χ1v) is 9.40. The summed E-state index contributed by atoms with van der Waals surface area (Å²) in [6, 6.07) is 8.03. The second-order valence-electron chi connectivity index (χ2n) is 8.71. The third kappa shape index (κ3) is 2.96. The first-order chi connectivity index (χ1) is 11.9. The van der Waals surface area contributed by atoms with Crippen molar-refractivity contribution in [1.82, 2.24) is 5.32 Å². The zero-order chi connectivity index (χ0) is 17.7. The van der Waals surface area contributed by atoms with Crippen LogP contribution < -0.4 is 5.32 Å². The molecule has 5 rings (SSSR count). The summed E-state index contributed by atoms with van der Waals surface area (Å²) in [6.07, 6.45) is 5.86. The summed E-state index contributed by atoms with van der Waals surface area (Å²) in [6.45, 7) is 3.97. The molecule has 134 valence electrons. The Kier molecular flexibility index (Phi) is 3.89. The SMILES string of the molecule is CC(=O)NC12C[C@H]3C[C@@H](C1)CC(C(=O)OCc1ccccc1C)(C3)C2. The summed E-state index contributed by atoms with van der Waals surface area (Å²) >= 11 is 0. The van der Waals surface area contributed by atoms with Gasteiger partial charge < -0.3 is 10.1 Å². The normalized spacial score (nSPS) is 35.4. The van der Waals surface area contributed by atoms with Crippen LogP contribution in [0.15, 0.2) is 24.3 Å². The molecule has 4 heteroatoms. The van der Waals surface area contributed by atoms with Gasteiger partial charge in [-0.1, -0.05) is 24.3 Å². The Labute approximate surface area is 149 Å². The zero-order valence-electron chi connectivity index (χ0n) is 15.1. The molecule has 1 aromatic rings. The van der Waals surface area contributed by atoms with Gasteiger partial charge in [0.25, 0.3) is 0 Å². The summed E-state index contributed by atoms with van der Waals surface area (Å²) < 4.78 is 5.79. The maximum Gasteiger partial charge on any atom is 0.312 e. The molecule has 4 aliphatic rings. The molecule has 4 nitrogen and oxygen atoms in total. The van der Waals surface area contributed by atoms with Crippen molar-refractivity contribution in [2.45, 2.75) is 64.5 Å². The van der Waals surface area contributed by atoms with Crippen molar-refractivity contribution in [2.75, 3.05) is 0 Å². The van der Waals surface area contributed by atoms with E-state index in [0.29, 0.717) is 18.4 Å². The Bertz CT molecular complexity index is 697. The number of hydrogen-bond acceptors (Lipinski definition) is 3. The minimum Gasteiger partial charge on any atom is -0.460 e. The van der Waals surface area contributed by atoms with E-state index < -0.39 is 5.41 Å². The molecule has 1 N–H and O–H groups in total. The molecule has 1 amide bonds. The number of nitrogens with one attached hydrogen (secondary N) is 1. The molecule has 0 aliphatic heterocycles. The van der Waals surface area contributed by atoms with E-state index >= 15 is 0 Å². The number of carbonyl (C=O) groups excluding carboxylic acids is 2. The van der Waals surface area contributed by atoms with Gasteiger partial charge in [0.15, 0.2) is 0 Å². The van der Waals surface area contributed by atoms with Gasteiger partial charge in [0.2, 0.25) is 5.91 Å². The van der Waals surface area contributed by atoms with Crippen LogP contribution in [-0.4, -0.2) is 17.4 Å².